The third-order valence-corrected chi connectivity index (χ3v) is 6.03. The van der Waals surface area contributed by atoms with Gasteiger partial charge in [-0.3, -0.25) is 0 Å². The van der Waals surface area contributed by atoms with Crippen molar-refractivity contribution in [1.29, 1.82) is 0 Å². The molecular formula is C18H32N2O3. The van der Waals surface area contributed by atoms with E-state index in [9.17, 15) is 4.79 Å². The number of methoxy groups -OCH3 is 1. The first-order valence-electron chi connectivity index (χ1n) is 9.14. The zero-order valence-electron chi connectivity index (χ0n) is 14.9. The van der Waals surface area contributed by atoms with Crippen LogP contribution in [0.3, 0.4) is 0 Å². The number of amides is 2. The topological polar surface area (TPSA) is 50.8 Å². The molecule has 1 saturated heterocycles. The summed E-state index contributed by atoms with van der Waals surface area (Å²) in [6.07, 6.45) is 7.95. The lowest BCUT2D eigenvalue weighted by Crippen LogP contribution is -2.59. The van der Waals surface area contributed by atoms with Crippen molar-refractivity contribution >= 4 is 6.03 Å². The van der Waals surface area contributed by atoms with Crippen LogP contribution >= 0.6 is 0 Å². The van der Waals surface area contributed by atoms with E-state index in [1.54, 1.807) is 7.11 Å². The van der Waals surface area contributed by atoms with E-state index in [1.165, 1.54) is 38.5 Å². The molecule has 3 rings (SSSR count). The number of hydrogen-bond donors (Lipinski definition) is 1. The van der Waals surface area contributed by atoms with Gasteiger partial charge in [-0.25, -0.2) is 4.79 Å². The molecule has 2 amide bonds. The minimum absolute atomic E-state index is 0.0428. The van der Waals surface area contributed by atoms with E-state index in [0.29, 0.717) is 25.1 Å². The SMILES string of the molecule is COCC1CN(C(=O)NCC2(C3CCC3)CCC2)CC(C)(C)O1. The highest BCUT2D eigenvalue weighted by Crippen LogP contribution is 2.53. The highest BCUT2D eigenvalue weighted by molar-refractivity contribution is 5.74. The van der Waals surface area contributed by atoms with Crippen molar-refractivity contribution in [2.24, 2.45) is 11.3 Å². The summed E-state index contributed by atoms with van der Waals surface area (Å²) < 4.78 is 11.2. The normalized spacial score (nSPS) is 29.5. The van der Waals surface area contributed by atoms with Gasteiger partial charge in [0.25, 0.3) is 0 Å². The second-order valence-corrected chi connectivity index (χ2v) is 8.34. The van der Waals surface area contributed by atoms with Crippen LogP contribution in [-0.2, 0) is 9.47 Å². The van der Waals surface area contributed by atoms with Crippen LogP contribution in [-0.4, -0.2) is 56.0 Å². The van der Waals surface area contributed by atoms with E-state index in [4.69, 9.17) is 9.47 Å². The fourth-order valence-corrected chi connectivity index (χ4v) is 4.47. The van der Waals surface area contributed by atoms with Gasteiger partial charge in [-0.15, -0.1) is 0 Å². The Morgan fingerprint density at radius 2 is 2.04 bits per heavy atom. The van der Waals surface area contributed by atoms with Gasteiger partial charge in [-0.05, 0) is 50.9 Å². The van der Waals surface area contributed by atoms with Gasteiger partial charge in [0.1, 0.15) is 0 Å². The number of hydrogen-bond acceptors (Lipinski definition) is 3. The molecular weight excluding hydrogens is 292 g/mol. The molecule has 5 nitrogen and oxygen atoms in total. The fraction of sp³-hybridized carbons (Fsp3) is 0.944. The number of morpholine rings is 1. The Bertz CT molecular complexity index is 430. The van der Waals surface area contributed by atoms with Gasteiger partial charge in [0.2, 0.25) is 0 Å². The minimum Gasteiger partial charge on any atom is -0.382 e. The number of nitrogens with zero attached hydrogens (tertiary/aromatic N) is 1. The predicted molar refractivity (Wildman–Crippen MR) is 89.4 cm³/mol. The molecule has 2 aliphatic carbocycles. The Hall–Kier alpha value is -0.810. The van der Waals surface area contributed by atoms with Crippen LogP contribution in [0.25, 0.3) is 0 Å². The molecule has 0 aromatic carbocycles. The second kappa shape index (κ2) is 6.60. The van der Waals surface area contributed by atoms with Crippen LogP contribution in [0.4, 0.5) is 4.79 Å². The van der Waals surface area contributed by atoms with E-state index < -0.39 is 0 Å². The van der Waals surface area contributed by atoms with Crippen LogP contribution < -0.4 is 5.32 Å². The Kier molecular flexibility index (Phi) is 4.88. The largest absolute Gasteiger partial charge is 0.382 e. The van der Waals surface area contributed by atoms with Crippen molar-refractivity contribution in [2.45, 2.75) is 64.1 Å². The van der Waals surface area contributed by atoms with Crippen molar-refractivity contribution in [3.8, 4) is 0 Å². The molecule has 132 valence electrons. The van der Waals surface area contributed by atoms with Gasteiger partial charge in [0, 0.05) is 13.7 Å². The summed E-state index contributed by atoms with van der Waals surface area (Å²) in [7, 11) is 1.67. The van der Waals surface area contributed by atoms with E-state index >= 15 is 0 Å². The van der Waals surface area contributed by atoms with Crippen molar-refractivity contribution in [3.63, 3.8) is 0 Å². The lowest BCUT2D eigenvalue weighted by molar-refractivity contribution is -0.142. The monoisotopic (exact) mass is 324 g/mol. The molecule has 23 heavy (non-hydrogen) atoms. The molecule has 1 N–H and O–H groups in total. The van der Waals surface area contributed by atoms with Gasteiger partial charge >= 0.3 is 6.03 Å². The molecule has 1 atom stereocenters. The summed E-state index contributed by atoms with van der Waals surface area (Å²) in [6.45, 7) is 6.70. The third kappa shape index (κ3) is 3.66. The maximum atomic E-state index is 12.7. The smallest absolute Gasteiger partial charge is 0.317 e. The highest BCUT2D eigenvalue weighted by Gasteiger charge is 2.46. The van der Waals surface area contributed by atoms with Crippen LogP contribution in [0.15, 0.2) is 0 Å². The lowest BCUT2D eigenvalue weighted by Gasteiger charge is -2.52. The molecule has 1 heterocycles. The molecule has 0 spiro atoms. The number of carbonyl (C=O) groups excluding carboxylic acids is 1. The first kappa shape index (κ1) is 17.0. The number of nitrogens with one attached hydrogen (secondary N) is 1. The van der Waals surface area contributed by atoms with Gasteiger partial charge < -0.3 is 19.7 Å². The van der Waals surface area contributed by atoms with E-state index in [2.05, 4.69) is 5.32 Å². The van der Waals surface area contributed by atoms with Crippen LogP contribution in [0.2, 0.25) is 0 Å². The van der Waals surface area contributed by atoms with E-state index in [1.807, 2.05) is 18.7 Å². The van der Waals surface area contributed by atoms with Crippen molar-refractivity contribution in [2.75, 3.05) is 33.4 Å². The van der Waals surface area contributed by atoms with Crippen LogP contribution in [0.1, 0.15) is 52.4 Å². The molecule has 0 bridgehead atoms. The maximum Gasteiger partial charge on any atom is 0.317 e. The molecule has 3 fully saturated rings. The summed E-state index contributed by atoms with van der Waals surface area (Å²) in [5.74, 6) is 0.846. The molecule has 0 aromatic heterocycles. The average Bonchev–Trinajstić information content (AvgIpc) is 2.37. The van der Waals surface area contributed by atoms with Gasteiger partial charge in [0.15, 0.2) is 0 Å². The minimum atomic E-state index is -0.319. The second-order valence-electron chi connectivity index (χ2n) is 8.34. The Labute approximate surface area is 140 Å². The first-order valence-corrected chi connectivity index (χ1v) is 9.14. The number of rotatable bonds is 5. The molecule has 1 unspecified atom stereocenters. The van der Waals surface area contributed by atoms with Crippen LogP contribution in [0.5, 0.6) is 0 Å². The Morgan fingerprint density at radius 3 is 2.57 bits per heavy atom. The fourth-order valence-electron chi connectivity index (χ4n) is 4.47. The van der Waals surface area contributed by atoms with E-state index in [-0.39, 0.29) is 17.7 Å². The van der Waals surface area contributed by atoms with Gasteiger partial charge in [-0.2, -0.15) is 0 Å². The molecule has 3 aliphatic rings. The maximum absolute atomic E-state index is 12.7. The van der Waals surface area contributed by atoms with Crippen molar-refractivity contribution in [1.82, 2.24) is 10.2 Å². The molecule has 1 aliphatic heterocycles. The zero-order valence-corrected chi connectivity index (χ0v) is 14.9. The average molecular weight is 324 g/mol. The Morgan fingerprint density at radius 1 is 1.30 bits per heavy atom. The van der Waals surface area contributed by atoms with Crippen LogP contribution in [0, 0.1) is 11.3 Å². The van der Waals surface area contributed by atoms with E-state index in [0.717, 1.165) is 12.5 Å². The molecule has 5 heteroatoms. The predicted octanol–water partition coefficient (Wildman–Crippen LogP) is 2.79. The quantitative estimate of drug-likeness (QED) is 0.846. The summed E-state index contributed by atoms with van der Waals surface area (Å²) >= 11 is 0. The first-order chi connectivity index (χ1) is 10.9. The summed E-state index contributed by atoms with van der Waals surface area (Å²) in [4.78, 5) is 14.6. The van der Waals surface area contributed by atoms with Crippen molar-refractivity contribution < 1.29 is 14.3 Å². The third-order valence-electron chi connectivity index (χ3n) is 6.03. The molecule has 0 aromatic rings. The Balaban J connectivity index is 1.54. The number of ether oxygens (including phenoxy) is 2. The summed E-state index contributed by atoms with van der Waals surface area (Å²) in [6, 6.07) is 0.0630. The van der Waals surface area contributed by atoms with Gasteiger partial charge in [-0.1, -0.05) is 12.8 Å². The number of carbonyl (C=O) groups is 1. The lowest BCUT2D eigenvalue weighted by atomic mass is 9.55. The summed E-state index contributed by atoms with van der Waals surface area (Å²) in [5, 5.41) is 3.24. The molecule has 0 radical (unpaired) electrons. The number of urea groups is 1. The molecule has 2 saturated carbocycles. The van der Waals surface area contributed by atoms with Gasteiger partial charge in [0.05, 0.1) is 31.4 Å². The zero-order chi connectivity index (χ0) is 16.5. The van der Waals surface area contributed by atoms with Crippen molar-refractivity contribution in [3.05, 3.63) is 0 Å². The summed E-state index contributed by atoms with van der Waals surface area (Å²) in [5.41, 5.74) is 0.0859. The highest BCUT2D eigenvalue weighted by atomic mass is 16.5. The standard InChI is InChI=1S/C18H32N2O3/c1-17(2)13-20(10-15(23-17)11-22-3)16(21)19-12-18(8-5-9-18)14-6-4-7-14/h14-15H,4-13H2,1-3H3,(H,19,21).